The Kier molecular flexibility index (Phi) is 5.83. The van der Waals surface area contributed by atoms with E-state index in [2.05, 4.69) is 22.1 Å². The summed E-state index contributed by atoms with van der Waals surface area (Å²) in [4.78, 5) is 19.5. The summed E-state index contributed by atoms with van der Waals surface area (Å²) < 4.78 is 26.0. The van der Waals surface area contributed by atoms with Gasteiger partial charge in [0, 0.05) is 30.7 Å². The SMILES string of the molecule is C[C@@]1(N2CCC(c3cc4cc(NC(=O)[C@@H]5CC56CCOCC6)ncc4cc3F)CC2)COC[C@@H]1O. The summed E-state index contributed by atoms with van der Waals surface area (Å²) in [6, 6.07) is 5.34. The Morgan fingerprint density at radius 2 is 1.94 bits per heavy atom. The Morgan fingerprint density at radius 1 is 1.17 bits per heavy atom. The number of pyridine rings is 1. The lowest BCUT2D eigenvalue weighted by Crippen LogP contribution is -2.56. The van der Waals surface area contributed by atoms with Crippen LogP contribution in [0.4, 0.5) is 10.2 Å². The third-order valence-electron chi connectivity index (χ3n) is 9.13. The average Bonchev–Trinajstić information content (AvgIpc) is 3.44. The second kappa shape index (κ2) is 8.76. The number of ether oxygens (including phenoxy) is 2. The minimum atomic E-state index is -0.491. The Bertz CT molecular complexity index is 1130. The van der Waals surface area contributed by atoms with Crippen molar-refractivity contribution in [3.8, 4) is 0 Å². The average molecular weight is 484 g/mol. The van der Waals surface area contributed by atoms with Crippen LogP contribution in [-0.4, -0.2) is 72.1 Å². The van der Waals surface area contributed by atoms with Crippen LogP contribution in [0.5, 0.6) is 0 Å². The predicted octanol–water partition coefficient (Wildman–Crippen LogP) is 3.46. The molecule has 8 heteroatoms. The molecular formula is C27H34FN3O4. The monoisotopic (exact) mass is 483 g/mol. The normalized spacial score (nSPS) is 31.2. The van der Waals surface area contributed by atoms with E-state index in [0.717, 1.165) is 74.7 Å². The molecule has 1 amide bonds. The number of aliphatic hydroxyl groups is 1. The molecule has 1 aliphatic carbocycles. The van der Waals surface area contributed by atoms with Gasteiger partial charge in [0.2, 0.25) is 5.91 Å². The second-order valence-corrected chi connectivity index (χ2v) is 11.2. The van der Waals surface area contributed by atoms with E-state index in [1.54, 1.807) is 12.3 Å². The molecule has 2 aromatic rings. The molecule has 0 bridgehead atoms. The number of hydrogen-bond acceptors (Lipinski definition) is 6. The van der Waals surface area contributed by atoms with E-state index in [1.165, 1.54) is 0 Å². The predicted molar refractivity (Wildman–Crippen MR) is 130 cm³/mol. The number of amides is 1. The van der Waals surface area contributed by atoms with Gasteiger partial charge in [-0.15, -0.1) is 0 Å². The first-order valence-electron chi connectivity index (χ1n) is 12.9. The first-order valence-corrected chi connectivity index (χ1v) is 12.9. The number of nitrogens with one attached hydrogen (secondary N) is 1. The third kappa shape index (κ3) is 4.14. The van der Waals surface area contributed by atoms with Crippen LogP contribution in [-0.2, 0) is 14.3 Å². The van der Waals surface area contributed by atoms with Crippen LogP contribution < -0.4 is 5.32 Å². The molecule has 1 saturated carbocycles. The van der Waals surface area contributed by atoms with Crippen molar-refractivity contribution in [3.63, 3.8) is 0 Å². The van der Waals surface area contributed by atoms with Gasteiger partial charge in [0.05, 0.1) is 24.9 Å². The van der Waals surface area contributed by atoms with Crippen LogP contribution in [0.15, 0.2) is 24.4 Å². The zero-order valence-electron chi connectivity index (χ0n) is 20.3. The van der Waals surface area contributed by atoms with Crippen molar-refractivity contribution in [2.24, 2.45) is 11.3 Å². The molecule has 2 N–H and O–H groups in total. The summed E-state index contributed by atoms with van der Waals surface area (Å²) in [5.74, 6) is 0.491. The summed E-state index contributed by atoms with van der Waals surface area (Å²) >= 11 is 0. The quantitative estimate of drug-likeness (QED) is 0.693. The van der Waals surface area contributed by atoms with Crippen molar-refractivity contribution < 1.29 is 23.8 Å². The van der Waals surface area contributed by atoms with Gasteiger partial charge in [0.15, 0.2) is 0 Å². The van der Waals surface area contributed by atoms with Gasteiger partial charge in [-0.2, -0.15) is 0 Å². The lowest BCUT2D eigenvalue weighted by atomic mass is 9.85. The maximum Gasteiger partial charge on any atom is 0.229 e. The van der Waals surface area contributed by atoms with E-state index >= 15 is 4.39 Å². The molecule has 7 nitrogen and oxygen atoms in total. The van der Waals surface area contributed by atoms with Gasteiger partial charge in [-0.3, -0.25) is 9.69 Å². The molecule has 4 fully saturated rings. The number of benzene rings is 1. The molecule has 3 atom stereocenters. The molecule has 188 valence electrons. The maximum atomic E-state index is 15.1. The van der Waals surface area contributed by atoms with Gasteiger partial charge >= 0.3 is 0 Å². The molecule has 0 radical (unpaired) electrons. The Hall–Kier alpha value is -2.13. The lowest BCUT2D eigenvalue weighted by Gasteiger charge is -2.43. The van der Waals surface area contributed by atoms with Crippen LogP contribution >= 0.6 is 0 Å². The van der Waals surface area contributed by atoms with E-state index in [1.807, 2.05) is 12.1 Å². The van der Waals surface area contributed by atoms with Crippen LogP contribution in [0.25, 0.3) is 10.8 Å². The molecule has 0 unspecified atom stereocenters. The summed E-state index contributed by atoms with van der Waals surface area (Å²) in [7, 11) is 0. The summed E-state index contributed by atoms with van der Waals surface area (Å²) in [6.07, 6.45) is 5.62. The second-order valence-electron chi connectivity index (χ2n) is 11.2. The topological polar surface area (TPSA) is 83.9 Å². The minimum Gasteiger partial charge on any atom is -0.389 e. The molecule has 1 spiro atoms. The third-order valence-corrected chi connectivity index (χ3v) is 9.13. The fourth-order valence-corrected chi connectivity index (χ4v) is 6.48. The molecule has 3 saturated heterocycles. The number of fused-ring (bicyclic) bond motifs is 1. The summed E-state index contributed by atoms with van der Waals surface area (Å²) in [5, 5.41) is 15.0. The molecule has 4 heterocycles. The molecule has 3 aliphatic heterocycles. The van der Waals surface area contributed by atoms with Gasteiger partial charge < -0.3 is 19.9 Å². The van der Waals surface area contributed by atoms with Crippen LogP contribution in [0.2, 0.25) is 0 Å². The van der Waals surface area contributed by atoms with Gasteiger partial charge in [0.25, 0.3) is 0 Å². The first kappa shape index (κ1) is 23.3. The van der Waals surface area contributed by atoms with E-state index in [-0.39, 0.29) is 34.5 Å². The highest BCUT2D eigenvalue weighted by Gasteiger charge is 2.58. The molecule has 1 aromatic heterocycles. The van der Waals surface area contributed by atoms with E-state index in [4.69, 9.17) is 9.47 Å². The molecule has 6 rings (SSSR count). The number of halogens is 1. The molecule has 4 aliphatic rings. The molecular weight excluding hydrogens is 449 g/mol. The Morgan fingerprint density at radius 3 is 2.66 bits per heavy atom. The van der Waals surface area contributed by atoms with E-state index < -0.39 is 6.10 Å². The number of rotatable bonds is 4. The number of anilines is 1. The smallest absolute Gasteiger partial charge is 0.229 e. The highest BCUT2D eigenvalue weighted by atomic mass is 19.1. The zero-order chi connectivity index (χ0) is 24.2. The number of carbonyl (C=O) groups excluding carboxylic acids is 1. The van der Waals surface area contributed by atoms with Gasteiger partial charge in [-0.25, -0.2) is 9.37 Å². The van der Waals surface area contributed by atoms with Crippen molar-refractivity contribution in [1.82, 2.24) is 9.88 Å². The summed E-state index contributed by atoms with van der Waals surface area (Å²) in [5.41, 5.74) is 0.468. The first-order chi connectivity index (χ1) is 16.9. The lowest BCUT2D eigenvalue weighted by molar-refractivity contribution is -0.118. The highest BCUT2D eigenvalue weighted by molar-refractivity contribution is 5.96. The molecule has 1 aromatic carbocycles. The van der Waals surface area contributed by atoms with Crippen molar-refractivity contribution >= 4 is 22.5 Å². The Labute approximate surface area is 205 Å². The highest BCUT2D eigenvalue weighted by Crippen LogP contribution is 2.59. The van der Waals surface area contributed by atoms with Gasteiger partial charge in [-0.1, -0.05) is 0 Å². The number of likely N-dealkylation sites (tertiary alicyclic amines) is 1. The van der Waals surface area contributed by atoms with Crippen molar-refractivity contribution in [2.45, 2.75) is 56.6 Å². The standard InChI is InChI=1S/C27H34FN3O4/c1-26(16-35-15-23(26)32)31-6-2-17(3-7-31)20-10-18-12-24(29-14-19(18)11-22(20)28)30-25(33)21-13-27(21)4-8-34-9-5-27/h10-12,14,17,21,23,32H,2-9,13,15-16H2,1H3,(H,29,30,33)/t21-,23-,26+/m0/s1. The number of aromatic nitrogens is 1. The number of hydrogen-bond donors (Lipinski definition) is 2. The number of aliphatic hydroxyl groups excluding tert-OH is 1. The van der Waals surface area contributed by atoms with E-state index in [0.29, 0.717) is 19.0 Å². The summed E-state index contributed by atoms with van der Waals surface area (Å²) in [6.45, 7) is 6.02. The molecule has 35 heavy (non-hydrogen) atoms. The minimum absolute atomic E-state index is 0.0278. The number of nitrogens with zero attached hydrogens (tertiary/aromatic N) is 2. The number of piperidine rings is 1. The van der Waals surface area contributed by atoms with Crippen molar-refractivity contribution in [1.29, 1.82) is 0 Å². The van der Waals surface area contributed by atoms with E-state index in [9.17, 15) is 9.90 Å². The van der Waals surface area contributed by atoms with Gasteiger partial charge in [-0.05, 0) is 92.6 Å². The van der Waals surface area contributed by atoms with Crippen LogP contribution in [0.1, 0.15) is 50.5 Å². The van der Waals surface area contributed by atoms with Crippen LogP contribution in [0.3, 0.4) is 0 Å². The fraction of sp³-hybridized carbons (Fsp3) is 0.630. The Balaban J connectivity index is 1.15. The van der Waals surface area contributed by atoms with Crippen LogP contribution in [0, 0.1) is 17.2 Å². The maximum absolute atomic E-state index is 15.1. The zero-order valence-corrected chi connectivity index (χ0v) is 20.3. The largest absolute Gasteiger partial charge is 0.389 e. The fourth-order valence-electron chi connectivity index (χ4n) is 6.48. The van der Waals surface area contributed by atoms with Gasteiger partial charge in [0.1, 0.15) is 11.6 Å². The van der Waals surface area contributed by atoms with Crippen molar-refractivity contribution in [2.75, 3.05) is 44.8 Å². The number of carbonyl (C=O) groups is 1. The van der Waals surface area contributed by atoms with Crippen molar-refractivity contribution in [3.05, 3.63) is 35.8 Å².